The fourth-order valence-electron chi connectivity index (χ4n) is 4.07. The molecule has 2 aliphatic carbocycles. The lowest BCUT2D eigenvalue weighted by Crippen LogP contribution is -2.28. The van der Waals surface area contributed by atoms with Crippen LogP contribution in [0.4, 0.5) is 0 Å². The average Bonchev–Trinajstić information content (AvgIpc) is 3.33. The molecule has 7 nitrogen and oxygen atoms in total. The molecule has 140 valence electrons. The maximum absolute atomic E-state index is 12.7. The van der Waals surface area contributed by atoms with Crippen LogP contribution in [-0.4, -0.2) is 42.7 Å². The zero-order valence-electron chi connectivity index (χ0n) is 14.5. The van der Waals surface area contributed by atoms with Crippen LogP contribution < -0.4 is 4.74 Å². The van der Waals surface area contributed by atoms with Crippen LogP contribution in [0.1, 0.15) is 12.0 Å². The minimum absolute atomic E-state index is 0.127. The van der Waals surface area contributed by atoms with Crippen LogP contribution in [0, 0.1) is 23.7 Å². The van der Waals surface area contributed by atoms with Gasteiger partial charge >= 0.3 is 5.97 Å². The fraction of sp³-hybridized carbons (Fsp3) is 0.368. The Labute approximate surface area is 160 Å². The van der Waals surface area contributed by atoms with Crippen molar-refractivity contribution in [2.24, 2.45) is 28.8 Å². The van der Waals surface area contributed by atoms with Crippen LogP contribution in [0.2, 0.25) is 5.02 Å². The Kier molecular flexibility index (Phi) is 4.47. The first-order valence-electron chi connectivity index (χ1n) is 8.59. The van der Waals surface area contributed by atoms with E-state index in [0.717, 1.165) is 11.4 Å². The van der Waals surface area contributed by atoms with Crippen molar-refractivity contribution in [2.75, 3.05) is 13.7 Å². The Morgan fingerprint density at radius 1 is 1.26 bits per heavy atom. The van der Waals surface area contributed by atoms with E-state index >= 15 is 0 Å². The number of hydrazone groups is 1. The summed E-state index contributed by atoms with van der Waals surface area (Å²) in [5.74, 6) is -1.08. The number of esters is 1. The number of benzene rings is 1. The molecule has 1 heterocycles. The smallest absolute Gasteiger partial charge is 0.343 e. The number of halogens is 1. The molecule has 1 saturated heterocycles. The molecule has 8 heteroatoms. The van der Waals surface area contributed by atoms with E-state index in [4.69, 9.17) is 16.3 Å². The number of carbonyl (C=O) groups excluding carboxylic acids is 3. The first-order valence-corrected chi connectivity index (χ1v) is 8.96. The maximum atomic E-state index is 12.7. The summed E-state index contributed by atoms with van der Waals surface area (Å²) in [6, 6.07) is 4.76. The summed E-state index contributed by atoms with van der Waals surface area (Å²) < 4.78 is 9.96. The zero-order valence-corrected chi connectivity index (χ0v) is 15.3. The second kappa shape index (κ2) is 6.81. The molecule has 0 aromatic heterocycles. The Morgan fingerprint density at radius 3 is 2.56 bits per heavy atom. The topological polar surface area (TPSA) is 85.3 Å². The molecule has 1 aromatic carbocycles. The van der Waals surface area contributed by atoms with Gasteiger partial charge in [-0.3, -0.25) is 9.59 Å². The number of nitrogens with zero attached hydrogens (tertiary/aromatic N) is 2. The molecule has 2 amide bonds. The average molecular weight is 389 g/mol. The standard InChI is InChI=1S/C19H17ClN2O5/c1-26-15(23)9-27-14-5-4-13(20)7-12(14)8-21-22-18(24)16-10-2-3-11(6-10)17(16)19(22)25/h2-5,7-8,10-11,16-17H,6,9H2,1H3/t10-,11-,16-,17+/m0/s1. The third-order valence-electron chi connectivity index (χ3n) is 5.30. The van der Waals surface area contributed by atoms with Crippen LogP contribution in [0.5, 0.6) is 5.75 Å². The molecule has 1 aliphatic heterocycles. The SMILES string of the molecule is COC(=O)COc1ccc(Cl)cc1C=NN1C(=O)[C@@H]2[C@H](C1=O)[C@H]1C=C[C@H]2C1. The van der Waals surface area contributed by atoms with Gasteiger partial charge in [-0.15, -0.1) is 0 Å². The molecule has 1 saturated carbocycles. The quantitative estimate of drug-likeness (QED) is 0.333. The normalized spacial score (nSPS) is 28.3. The number of amides is 2. The van der Waals surface area contributed by atoms with Crippen molar-refractivity contribution in [3.8, 4) is 5.75 Å². The summed E-state index contributed by atoms with van der Waals surface area (Å²) in [7, 11) is 1.26. The lowest BCUT2D eigenvalue weighted by Gasteiger charge is -2.13. The van der Waals surface area contributed by atoms with Gasteiger partial charge in [0.2, 0.25) is 0 Å². The van der Waals surface area contributed by atoms with Crippen LogP contribution in [-0.2, 0) is 19.1 Å². The Morgan fingerprint density at radius 2 is 1.93 bits per heavy atom. The van der Waals surface area contributed by atoms with E-state index in [0.29, 0.717) is 16.3 Å². The summed E-state index contributed by atoms with van der Waals surface area (Å²) in [5, 5.41) is 5.49. The summed E-state index contributed by atoms with van der Waals surface area (Å²) in [6.07, 6.45) is 6.27. The Balaban J connectivity index is 1.55. The third-order valence-corrected chi connectivity index (χ3v) is 5.54. The molecule has 4 rings (SSSR count). The molecule has 0 radical (unpaired) electrons. The van der Waals surface area contributed by atoms with Crippen molar-refractivity contribution in [2.45, 2.75) is 6.42 Å². The number of carbonyl (C=O) groups is 3. The second-order valence-electron chi connectivity index (χ2n) is 6.78. The first-order chi connectivity index (χ1) is 13.0. The predicted octanol–water partition coefficient (Wildman–Crippen LogP) is 2.03. The fourth-order valence-corrected chi connectivity index (χ4v) is 4.25. The van der Waals surface area contributed by atoms with Gasteiger partial charge in [-0.05, 0) is 36.5 Å². The molecule has 3 aliphatic rings. The van der Waals surface area contributed by atoms with E-state index < -0.39 is 5.97 Å². The van der Waals surface area contributed by atoms with Gasteiger partial charge in [-0.1, -0.05) is 23.8 Å². The highest BCUT2D eigenvalue weighted by molar-refractivity contribution is 6.31. The minimum atomic E-state index is -0.534. The van der Waals surface area contributed by atoms with Gasteiger partial charge in [-0.25, -0.2) is 4.79 Å². The predicted molar refractivity (Wildman–Crippen MR) is 96.1 cm³/mol. The van der Waals surface area contributed by atoms with Gasteiger partial charge in [0.15, 0.2) is 6.61 Å². The number of allylic oxidation sites excluding steroid dienone is 2. The highest BCUT2D eigenvalue weighted by Crippen LogP contribution is 2.52. The van der Waals surface area contributed by atoms with Crippen LogP contribution >= 0.6 is 11.6 Å². The summed E-state index contributed by atoms with van der Waals surface area (Å²) in [6.45, 7) is -0.278. The lowest BCUT2D eigenvalue weighted by molar-refractivity contribution is -0.143. The van der Waals surface area contributed by atoms with Crippen molar-refractivity contribution in [3.63, 3.8) is 0 Å². The molecular formula is C19H17ClN2O5. The van der Waals surface area contributed by atoms with Gasteiger partial charge in [0.05, 0.1) is 25.2 Å². The maximum Gasteiger partial charge on any atom is 0.343 e. The molecule has 0 spiro atoms. The van der Waals surface area contributed by atoms with Crippen LogP contribution in [0.25, 0.3) is 0 Å². The zero-order chi connectivity index (χ0) is 19.1. The van der Waals surface area contributed by atoms with Crippen LogP contribution in [0.3, 0.4) is 0 Å². The number of ether oxygens (including phenoxy) is 2. The molecule has 27 heavy (non-hydrogen) atoms. The number of methoxy groups -OCH3 is 1. The van der Waals surface area contributed by atoms with Crippen molar-refractivity contribution in [3.05, 3.63) is 40.9 Å². The second-order valence-corrected chi connectivity index (χ2v) is 7.22. The monoisotopic (exact) mass is 388 g/mol. The molecule has 0 unspecified atom stereocenters. The van der Waals surface area contributed by atoms with Gasteiger partial charge in [0, 0.05) is 10.6 Å². The number of rotatable bonds is 5. The molecule has 2 bridgehead atoms. The van der Waals surface area contributed by atoms with Gasteiger partial charge < -0.3 is 9.47 Å². The molecule has 1 aromatic rings. The van der Waals surface area contributed by atoms with E-state index in [-0.39, 0.29) is 42.1 Å². The summed E-state index contributed by atoms with van der Waals surface area (Å²) >= 11 is 6.02. The highest BCUT2D eigenvalue weighted by Gasteiger charge is 2.59. The molecule has 2 fully saturated rings. The van der Waals surface area contributed by atoms with Crippen molar-refractivity contribution < 1.29 is 23.9 Å². The molecular weight excluding hydrogens is 372 g/mol. The van der Waals surface area contributed by atoms with E-state index in [1.54, 1.807) is 18.2 Å². The summed E-state index contributed by atoms with van der Waals surface area (Å²) in [5.41, 5.74) is 0.449. The van der Waals surface area contributed by atoms with Crippen LogP contribution in [0.15, 0.2) is 35.5 Å². The Hall–Kier alpha value is -2.67. The van der Waals surface area contributed by atoms with Crippen molar-refractivity contribution in [1.82, 2.24) is 5.01 Å². The number of hydrogen-bond acceptors (Lipinski definition) is 6. The van der Waals surface area contributed by atoms with Crippen molar-refractivity contribution >= 4 is 35.6 Å². The first kappa shape index (κ1) is 17.7. The number of imide groups is 1. The lowest BCUT2D eigenvalue weighted by atomic mass is 9.85. The third kappa shape index (κ3) is 3.02. The largest absolute Gasteiger partial charge is 0.481 e. The molecule has 0 N–H and O–H groups in total. The Bertz CT molecular complexity index is 851. The van der Waals surface area contributed by atoms with E-state index in [2.05, 4.69) is 9.84 Å². The highest BCUT2D eigenvalue weighted by atomic mass is 35.5. The van der Waals surface area contributed by atoms with Gasteiger partial charge in [-0.2, -0.15) is 10.1 Å². The van der Waals surface area contributed by atoms with Gasteiger partial charge in [0.25, 0.3) is 11.8 Å². The number of hydrogen-bond donors (Lipinski definition) is 0. The molecule has 4 atom stereocenters. The van der Waals surface area contributed by atoms with Gasteiger partial charge in [0.1, 0.15) is 5.75 Å². The van der Waals surface area contributed by atoms with Crippen molar-refractivity contribution in [1.29, 1.82) is 0 Å². The number of fused-ring (bicyclic) bond motifs is 5. The van der Waals surface area contributed by atoms with E-state index in [1.165, 1.54) is 13.3 Å². The van der Waals surface area contributed by atoms with E-state index in [9.17, 15) is 14.4 Å². The minimum Gasteiger partial charge on any atom is -0.481 e. The van der Waals surface area contributed by atoms with E-state index in [1.807, 2.05) is 12.2 Å². The summed E-state index contributed by atoms with van der Waals surface area (Å²) in [4.78, 5) is 36.6.